The number of aromatic nitrogens is 1. The highest BCUT2D eigenvalue weighted by Gasteiger charge is 2.30. The maximum atomic E-state index is 12.8. The molecule has 1 saturated heterocycles. The van der Waals surface area contributed by atoms with Gasteiger partial charge >= 0.3 is 0 Å². The van der Waals surface area contributed by atoms with Crippen LogP contribution in [0, 0.1) is 0 Å². The van der Waals surface area contributed by atoms with Gasteiger partial charge in [0.2, 0.25) is 0 Å². The predicted octanol–water partition coefficient (Wildman–Crippen LogP) is 3.22. The van der Waals surface area contributed by atoms with Crippen molar-refractivity contribution in [3.8, 4) is 0 Å². The number of amides is 1. The van der Waals surface area contributed by atoms with Crippen LogP contribution in [-0.4, -0.2) is 27.9 Å². The van der Waals surface area contributed by atoms with Gasteiger partial charge in [0, 0.05) is 17.5 Å². The molecule has 3 rings (SSSR count). The summed E-state index contributed by atoms with van der Waals surface area (Å²) in [6.45, 7) is 4.22. The van der Waals surface area contributed by atoms with E-state index in [2.05, 4.69) is 18.8 Å². The molecule has 2 atom stereocenters. The molecular formula is C17H21N3O. The number of pyridine rings is 1. The summed E-state index contributed by atoms with van der Waals surface area (Å²) in [6, 6.07) is 10.1. The van der Waals surface area contributed by atoms with E-state index < -0.39 is 0 Å². The van der Waals surface area contributed by atoms with E-state index in [0.717, 1.165) is 23.6 Å². The van der Waals surface area contributed by atoms with E-state index in [9.17, 15) is 4.79 Å². The van der Waals surface area contributed by atoms with Gasteiger partial charge in [-0.2, -0.15) is 0 Å². The SMILES string of the molecule is C[C@@H]1CCC[C@H](C)N1C(=O)c1cc2ccccc2c(N)n1. The van der Waals surface area contributed by atoms with Crippen molar-refractivity contribution in [2.45, 2.75) is 45.2 Å². The lowest BCUT2D eigenvalue weighted by Gasteiger charge is -2.38. The average Bonchev–Trinajstić information content (AvgIpc) is 2.47. The van der Waals surface area contributed by atoms with Crippen molar-refractivity contribution in [1.82, 2.24) is 9.88 Å². The van der Waals surface area contributed by atoms with Crippen LogP contribution >= 0.6 is 0 Å². The summed E-state index contributed by atoms with van der Waals surface area (Å²) in [5.41, 5.74) is 6.46. The van der Waals surface area contributed by atoms with Crippen LogP contribution in [-0.2, 0) is 0 Å². The van der Waals surface area contributed by atoms with Gasteiger partial charge in [0.25, 0.3) is 5.91 Å². The molecule has 1 aliphatic rings. The lowest BCUT2D eigenvalue weighted by Crippen LogP contribution is -2.47. The topological polar surface area (TPSA) is 59.2 Å². The number of nitrogen functional groups attached to an aromatic ring is 1. The fourth-order valence-electron chi connectivity index (χ4n) is 3.29. The van der Waals surface area contributed by atoms with E-state index in [0.29, 0.717) is 11.5 Å². The Morgan fingerprint density at radius 3 is 2.62 bits per heavy atom. The smallest absolute Gasteiger partial charge is 0.273 e. The number of piperidine rings is 1. The molecule has 4 heteroatoms. The minimum absolute atomic E-state index is 0.00727. The van der Waals surface area contributed by atoms with Crippen LogP contribution in [0.15, 0.2) is 30.3 Å². The summed E-state index contributed by atoms with van der Waals surface area (Å²) in [4.78, 5) is 19.1. The second kappa shape index (κ2) is 5.35. The van der Waals surface area contributed by atoms with Gasteiger partial charge in [0.15, 0.2) is 0 Å². The number of benzene rings is 1. The van der Waals surface area contributed by atoms with E-state index >= 15 is 0 Å². The standard InChI is InChI=1S/C17H21N3O/c1-11-6-5-7-12(2)20(11)17(21)15-10-13-8-3-4-9-14(13)16(18)19-15/h3-4,8-12H,5-7H2,1-2H3,(H2,18,19)/t11-,12+. The molecule has 1 aromatic carbocycles. The fourth-order valence-corrected chi connectivity index (χ4v) is 3.29. The summed E-state index contributed by atoms with van der Waals surface area (Å²) in [6.07, 6.45) is 3.29. The highest BCUT2D eigenvalue weighted by Crippen LogP contribution is 2.26. The lowest BCUT2D eigenvalue weighted by atomic mass is 9.97. The minimum atomic E-state index is -0.00727. The van der Waals surface area contributed by atoms with Gasteiger partial charge in [-0.1, -0.05) is 24.3 Å². The minimum Gasteiger partial charge on any atom is -0.383 e. The third kappa shape index (κ3) is 2.46. The number of fused-ring (bicyclic) bond motifs is 1. The Balaban J connectivity index is 2.01. The van der Waals surface area contributed by atoms with Crippen molar-refractivity contribution < 1.29 is 4.79 Å². The van der Waals surface area contributed by atoms with Crippen LogP contribution in [0.1, 0.15) is 43.6 Å². The predicted molar refractivity (Wildman–Crippen MR) is 85.1 cm³/mol. The maximum absolute atomic E-state index is 12.8. The Morgan fingerprint density at radius 2 is 1.90 bits per heavy atom. The van der Waals surface area contributed by atoms with Crippen molar-refractivity contribution in [1.29, 1.82) is 0 Å². The molecule has 1 aliphatic heterocycles. The highest BCUT2D eigenvalue weighted by atomic mass is 16.2. The number of carbonyl (C=O) groups is 1. The number of hydrogen-bond donors (Lipinski definition) is 1. The van der Waals surface area contributed by atoms with E-state index in [-0.39, 0.29) is 18.0 Å². The Bertz CT molecular complexity index is 673. The van der Waals surface area contributed by atoms with Gasteiger partial charge in [0.1, 0.15) is 11.5 Å². The summed E-state index contributed by atoms with van der Waals surface area (Å²) in [7, 11) is 0. The Morgan fingerprint density at radius 1 is 1.24 bits per heavy atom. The first-order valence-electron chi connectivity index (χ1n) is 7.56. The second-order valence-corrected chi connectivity index (χ2v) is 5.96. The van der Waals surface area contributed by atoms with Gasteiger partial charge in [-0.05, 0) is 44.6 Å². The van der Waals surface area contributed by atoms with E-state index in [1.54, 1.807) is 0 Å². The van der Waals surface area contributed by atoms with Crippen LogP contribution in [0.4, 0.5) is 5.82 Å². The molecule has 110 valence electrons. The molecule has 1 amide bonds. The summed E-state index contributed by atoms with van der Waals surface area (Å²) >= 11 is 0. The third-order valence-corrected chi connectivity index (χ3v) is 4.42. The average molecular weight is 283 g/mol. The van der Waals surface area contributed by atoms with Crippen LogP contribution in [0.5, 0.6) is 0 Å². The molecule has 0 bridgehead atoms. The maximum Gasteiger partial charge on any atom is 0.273 e. The molecule has 1 fully saturated rings. The van der Waals surface area contributed by atoms with Crippen LogP contribution in [0.2, 0.25) is 0 Å². The number of hydrogen-bond acceptors (Lipinski definition) is 3. The van der Waals surface area contributed by atoms with Gasteiger partial charge in [-0.3, -0.25) is 4.79 Å². The normalized spacial score (nSPS) is 22.5. The van der Waals surface area contributed by atoms with Crippen LogP contribution in [0.3, 0.4) is 0 Å². The van der Waals surface area contributed by atoms with Gasteiger partial charge < -0.3 is 10.6 Å². The molecule has 0 saturated carbocycles. The number of carbonyl (C=O) groups excluding carboxylic acids is 1. The van der Waals surface area contributed by atoms with Crippen LogP contribution in [0.25, 0.3) is 10.8 Å². The van der Waals surface area contributed by atoms with E-state index in [1.807, 2.05) is 35.2 Å². The molecule has 0 unspecified atom stereocenters. The molecule has 0 spiro atoms. The number of anilines is 1. The molecule has 2 N–H and O–H groups in total. The lowest BCUT2D eigenvalue weighted by molar-refractivity contribution is 0.0505. The molecule has 4 nitrogen and oxygen atoms in total. The van der Waals surface area contributed by atoms with Gasteiger partial charge in [-0.15, -0.1) is 0 Å². The number of nitrogens with two attached hydrogens (primary N) is 1. The zero-order valence-corrected chi connectivity index (χ0v) is 12.5. The molecule has 1 aromatic heterocycles. The molecule has 0 radical (unpaired) electrons. The second-order valence-electron chi connectivity index (χ2n) is 5.96. The molecule has 2 heterocycles. The number of nitrogens with zero attached hydrogens (tertiary/aromatic N) is 2. The third-order valence-electron chi connectivity index (χ3n) is 4.42. The monoisotopic (exact) mass is 283 g/mol. The zero-order chi connectivity index (χ0) is 15.0. The summed E-state index contributed by atoms with van der Waals surface area (Å²) in [5.74, 6) is 0.418. The molecular weight excluding hydrogens is 262 g/mol. The summed E-state index contributed by atoms with van der Waals surface area (Å²) in [5, 5.41) is 1.86. The zero-order valence-electron chi connectivity index (χ0n) is 12.5. The van der Waals surface area contributed by atoms with Gasteiger partial charge in [-0.25, -0.2) is 4.98 Å². The van der Waals surface area contributed by atoms with E-state index in [4.69, 9.17) is 5.73 Å². The Hall–Kier alpha value is -2.10. The van der Waals surface area contributed by atoms with Crippen molar-refractivity contribution in [3.05, 3.63) is 36.0 Å². The first kappa shape index (κ1) is 13.9. The van der Waals surface area contributed by atoms with E-state index in [1.165, 1.54) is 6.42 Å². The van der Waals surface area contributed by atoms with Crippen LogP contribution < -0.4 is 5.73 Å². The molecule has 2 aromatic rings. The number of rotatable bonds is 1. The van der Waals surface area contributed by atoms with Crippen molar-refractivity contribution in [2.75, 3.05) is 5.73 Å². The van der Waals surface area contributed by atoms with Crippen molar-refractivity contribution >= 4 is 22.5 Å². The largest absolute Gasteiger partial charge is 0.383 e. The first-order chi connectivity index (χ1) is 10.1. The first-order valence-corrected chi connectivity index (χ1v) is 7.56. The Labute approximate surface area is 125 Å². The quantitative estimate of drug-likeness (QED) is 0.874. The molecule has 21 heavy (non-hydrogen) atoms. The molecule has 0 aliphatic carbocycles. The highest BCUT2D eigenvalue weighted by molar-refractivity contribution is 6.00. The van der Waals surface area contributed by atoms with Crippen molar-refractivity contribution in [3.63, 3.8) is 0 Å². The fraction of sp³-hybridized carbons (Fsp3) is 0.412. The summed E-state index contributed by atoms with van der Waals surface area (Å²) < 4.78 is 0. The number of likely N-dealkylation sites (tertiary alicyclic amines) is 1. The van der Waals surface area contributed by atoms with Crippen molar-refractivity contribution in [2.24, 2.45) is 0 Å². The van der Waals surface area contributed by atoms with Gasteiger partial charge in [0.05, 0.1) is 0 Å². The Kier molecular flexibility index (Phi) is 3.53.